The molecule has 0 amide bonds. The van der Waals surface area contributed by atoms with Crippen molar-refractivity contribution in [2.75, 3.05) is 6.54 Å². The van der Waals surface area contributed by atoms with Crippen molar-refractivity contribution in [1.29, 1.82) is 0 Å². The predicted molar refractivity (Wildman–Crippen MR) is 94.7 cm³/mol. The largest absolute Gasteiger partial charge is 0.480 e. The molecule has 5 heteroatoms. The molecule has 0 saturated carbocycles. The van der Waals surface area contributed by atoms with Gasteiger partial charge < -0.3 is 15.2 Å². The second-order valence-electron chi connectivity index (χ2n) is 6.26. The maximum Gasteiger partial charge on any atom is 0.339 e. The van der Waals surface area contributed by atoms with Crippen LogP contribution in [0.15, 0.2) is 54.6 Å². The molecule has 1 fully saturated rings. The summed E-state index contributed by atoms with van der Waals surface area (Å²) in [6, 6.07) is 16.8. The molecule has 3 aromatic carbocycles. The quantitative estimate of drug-likeness (QED) is 0.568. The van der Waals surface area contributed by atoms with Gasteiger partial charge in [-0.1, -0.05) is 48.5 Å². The van der Waals surface area contributed by atoms with E-state index in [-0.39, 0.29) is 6.42 Å². The van der Waals surface area contributed by atoms with Gasteiger partial charge in [0.2, 0.25) is 0 Å². The monoisotopic (exact) mass is 335 g/mol. The van der Waals surface area contributed by atoms with Gasteiger partial charge in [0.15, 0.2) is 0 Å². The Morgan fingerprint density at radius 1 is 1.00 bits per heavy atom. The van der Waals surface area contributed by atoms with Gasteiger partial charge in [0.05, 0.1) is 5.56 Å². The van der Waals surface area contributed by atoms with Gasteiger partial charge in [-0.2, -0.15) is 0 Å². The third-order valence-corrected chi connectivity index (χ3v) is 4.64. The molecule has 126 valence electrons. The van der Waals surface area contributed by atoms with E-state index in [0.29, 0.717) is 12.1 Å². The Hall–Kier alpha value is -2.92. The summed E-state index contributed by atoms with van der Waals surface area (Å²) < 4.78 is 5.63. The molecule has 0 aliphatic carbocycles. The SMILES string of the molecule is O=C(O[C@@H]1CN[C@H](C(=O)O)C1)c1c2ccccc2cc2ccccc12. The number of carboxylic acids is 1. The number of nitrogens with one attached hydrogen (secondary N) is 1. The average Bonchev–Trinajstić information content (AvgIpc) is 3.08. The van der Waals surface area contributed by atoms with Crippen molar-refractivity contribution >= 4 is 33.5 Å². The first-order valence-electron chi connectivity index (χ1n) is 8.21. The lowest BCUT2D eigenvalue weighted by atomic mass is 9.97. The number of carbonyl (C=O) groups excluding carboxylic acids is 1. The lowest BCUT2D eigenvalue weighted by molar-refractivity contribution is -0.139. The third-order valence-electron chi connectivity index (χ3n) is 4.64. The summed E-state index contributed by atoms with van der Waals surface area (Å²) in [6.07, 6.45) is -0.157. The summed E-state index contributed by atoms with van der Waals surface area (Å²) >= 11 is 0. The molecule has 0 aromatic heterocycles. The summed E-state index contributed by atoms with van der Waals surface area (Å²) in [5.74, 6) is -1.33. The van der Waals surface area contributed by atoms with Crippen molar-refractivity contribution in [3.8, 4) is 0 Å². The maximum atomic E-state index is 12.9. The first kappa shape index (κ1) is 15.6. The minimum absolute atomic E-state index is 0.282. The summed E-state index contributed by atoms with van der Waals surface area (Å²) in [7, 11) is 0. The number of fused-ring (bicyclic) bond motifs is 2. The minimum atomic E-state index is -0.922. The van der Waals surface area contributed by atoms with Gasteiger partial charge in [-0.25, -0.2) is 4.79 Å². The van der Waals surface area contributed by atoms with Crippen LogP contribution in [0, 0.1) is 0 Å². The Labute approximate surface area is 144 Å². The van der Waals surface area contributed by atoms with Crippen LogP contribution in [0.2, 0.25) is 0 Å². The van der Waals surface area contributed by atoms with E-state index in [1.165, 1.54) is 0 Å². The number of aliphatic carboxylic acids is 1. The fourth-order valence-electron chi connectivity index (χ4n) is 3.43. The number of rotatable bonds is 3. The second kappa shape index (κ2) is 6.18. The van der Waals surface area contributed by atoms with E-state index in [9.17, 15) is 9.59 Å². The van der Waals surface area contributed by atoms with Crippen LogP contribution in [-0.4, -0.2) is 35.7 Å². The van der Waals surface area contributed by atoms with Crippen LogP contribution in [0.4, 0.5) is 0 Å². The lowest BCUT2D eigenvalue weighted by Gasteiger charge is -2.14. The van der Waals surface area contributed by atoms with E-state index >= 15 is 0 Å². The molecular weight excluding hydrogens is 318 g/mol. The second-order valence-corrected chi connectivity index (χ2v) is 6.26. The molecule has 3 aromatic rings. The van der Waals surface area contributed by atoms with Crippen LogP contribution in [0.25, 0.3) is 21.5 Å². The summed E-state index contributed by atoms with van der Waals surface area (Å²) in [4.78, 5) is 24.0. The van der Waals surface area contributed by atoms with Crippen LogP contribution >= 0.6 is 0 Å². The van der Waals surface area contributed by atoms with E-state index in [4.69, 9.17) is 9.84 Å². The molecule has 2 atom stereocenters. The van der Waals surface area contributed by atoms with Gasteiger partial charge in [0.25, 0.3) is 0 Å². The van der Waals surface area contributed by atoms with Crippen LogP contribution in [-0.2, 0) is 9.53 Å². The average molecular weight is 335 g/mol. The lowest BCUT2D eigenvalue weighted by Crippen LogP contribution is -2.30. The Morgan fingerprint density at radius 2 is 1.60 bits per heavy atom. The highest BCUT2D eigenvalue weighted by molar-refractivity contribution is 6.16. The van der Waals surface area contributed by atoms with Gasteiger partial charge in [-0.05, 0) is 27.6 Å². The molecule has 5 nitrogen and oxygen atoms in total. The van der Waals surface area contributed by atoms with Crippen molar-refractivity contribution in [2.24, 2.45) is 0 Å². The molecular formula is C20H17NO4. The molecule has 1 saturated heterocycles. The Bertz CT molecular complexity index is 928. The Balaban J connectivity index is 1.74. The number of benzene rings is 3. The van der Waals surface area contributed by atoms with E-state index in [2.05, 4.69) is 11.4 Å². The minimum Gasteiger partial charge on any atom is -0.480 e. The first-order chi connectivity index (χ1) is 12.1. The van der Waals surface area contributed by atoms with Crippen molar-refractivity contribution in [3.63, 3.8) is 0 Å². The smallest absolute Gasteiger partial charge is 0.339 e. The molecule has 2 N–H and O–H groups in total. The molecule has 0 spiro atoms. The molecule has 0 radical (unpaired) electrons. The van der Waals surface area contributed by atoms with E-state index < -0.39 is 24.1 Å². The standard InChI is InChI=1S/C20H17NO4/c22-19(23)17-10-14(11-21-17)25-20(24)18-15-7-3-1-5-12(15)9-13-6-2-4-8-16(13)18/h1-9,14,17,21H,10-11H2,(H,22,23)/t14-,17-/m0/s1. The molecule has 0 bridgehead atoms. The highest BCUT2D eigenvalue weighted by Crippen LogP contribution is 2.29. The number of carbonyl (C=O) groups is 2. The molecule has 0 unspecified atom stereocenters. The van der Waals surface area contributed by atoms with Gasteiger partial charge in [-0.3, -0.25) is 4.79 Å². The summed E-state index contributed by atoms with van der Waals surface area (Å²) in [5.41, 5.74) is 0.535. The summed E-state index contributed by atoms with van der Waals surface area (Å²) in [6.45, 7) is 0.353. The van der Waals surface area contributed by atoms with Crippen LogP contribution in [0.1, 0.15) is 16.8 Å². The maximum absolute atomic E-state index is 12.9. The first-order valence-corrected chi connectivity index (χ1v) is 8.21. The third kappa shape index (κ3) is 2.83. The zero-order chi connectivity index (χ0) is 17.4. The van der Waals surface area contributed by atoms with Crippen molar-refractivity contribution in [2.45, 2.75) is 18.6 Å². The van der Waals surface area contributed by atoms with E-state index in [1.807, 2.05) is 48.5 Å². The fourth-order valence-corrected chi connectivity index (χ4v) is 3.43. The van der Waals surface area contributed by atoms with Gasteiger partial charge in [0.1, 0.15) is 12.1 Å². The predicted octanol–water partition coefficient (Wildman–Crippen LogP) is 2.96. The number of esters is 1. The molecule has 1 heterocycles. The van der Waals surface area contributed by atoms with Crippen molar-refractivity contribution < 1.29 is 19.4 Å². The zero-order valence-corrected chi connectivity index (χ0v) is 13.4. The highest BCUT2D eigenvalue weighted by atomic mass is 16.5. The van der Waals surface area contributed by atoms with E-state index in [1.54, 1.807) is 0 Å². The molecule has 25 heavy (non-hydrogen) atoms. The normalized spacial score (nSPS) is 20.0. The van der Waals surface area contributed by atoms with E-state index in [0.717, 1.165) is 21.5 Å². The fraction of sp³-hybridized carbons (Fsp3) is 0.200. The Kier molecular flexibility index (Phi) is 3.86. The molecule has 4 rings (SSSR count). The van der Waals surface area contributed by atoms with Gasteiger partial charge in [0, 0.05) is 13.0 Å². The van der Waals surface area contributed by atoms with Gasteiger partial charge >= 0.3 is 11.9 Å². The van der Waals surface area contributed by atoms with Crippen LogP contribution in [0.3, 0.4) is 0 Å². The number of carboxylic acid groups (broad SMARTS) is 1. The van der Waals surface area contributed by atoms with Crippen LogP contribution < -0.4 is 5.32 Å². The zero-order valence-electron chi connectivity index (χ0n) is 13.4. The van der Waals surface area contributed by atoms with Crippen LogP contribution in [0.5, 0.6) is 0 Å². The highest BCUT2D eigenvalue weighted by Gasteiger charge is 2.32. The van der Waals surface area contributed by atoms with Gasteiger partial charge in [-0.15, -0.1) is 0 Å². The van der Waals surface area contributed by atoms with Crippen molar-refractivity contribution in [1.82, 2.24) is 5.32 Å². The number of hydrogen-bond acceptors (Lipinski definition) is 4. The Morgan fingerprint density at radius 3 is 2.16 bits per heavy atom. The van der Waals surface area contributed by atoms with Crippen molar-refractivity contribution in [3.05, 3.63) is 60.2 Å². The molecule has 1 aliphatic heterocycles. The summed E-state index contributed by atoms with van der Waals surface area (Å²) in [5, 5.41) is 15.5. The molecule has 1 aliphatic rings. The number of hydrogen-bond donors (Lipinski definition) is 2. The number of ether oxygens (including phenoxy) is 1. The topological polar surface area (TPSA) is 75.6 Å².